The normalized spacial score (nSPS) is 12.3. The van der Waals surface area contributed by atoms with E-state index in [0.717, 1.165) is 0 Å². The van der Waals surface area contributed by atoms with Gasteiger partial charge in [0, 0.05) is 12.0 Å². The molecule has 0 fully saturated rings. The lowest BCUT2D eigenvalue weighted by Gasteiger charge is -2.16. The highest BCUT2D eigenvalue weighted by molar-refractivity contribution is 5.88. The Morgan fingerprint density at radius 3 is 2.44 bits per heavy atom. The quantitative estimate of drug-likeness (QED) is 0.747. The Morgan fingerprint density at radius 2 is 1.84 bits per heavy atom. The number of carbonyl (C=O) groups excluding carboxylic acids is 1. The van der Waals surface area contributed by atoms with Crippen LogP contribution in [0.2, 0.25) is 0 Å². The molecule has 0 spiro atoms. The average Bonchev–Trinajstić information content (AvgIpc) is 2.59. The molecule has 7 heteroatoms. The molecule has 0 saturated carbocycles. The first kappa shape index (κ1) is 18.7. The predicted octanol–water partition coefficient (Wildman–Crippen LogP) is 2.34. The third kappa shape index (κ3) is 6.39. The first-order valence-corrected chi connectivity index (χ1v) is 8.08. The summed E-state index contributed by atoms with van der Waals surface area (Å²) < 4.78 is 5.42. The fourth-order valence-electron chi connectivity index (χ4n) is 1.93. The van der Waals surface area contributed by atoms with Gasteiger partial charge < -0.3 is 20.5 Å². The summed E-state index contributed by atoms with van der Waals surface area (Å²) in [5, 5.41) is 15.1. The van der Waals surface area contributed by atoms with E-state index in [1.807, 2.05) is 39.0 Å². The van der Waals surface area contributed by atoms with Crippen LogP contribution in [0, 0.1) is 0 Å². The van der Waals surface area contributed by atoms with Gasteiger partial charge in [-0.25, -0.2) is 14.8 Å². The fraction of sp³-hybridized carbons (Fsp3) is 0.389. The Hall–Kier alpha value is -2.67. The van der Waals surface area contributed by atoms with Gasteiger partial charge in [0.25, 0.3) is 0 Å². The van der Waals surface area contributed by atoms with Crippen LogP contribution in [0.4, 0.5) is 10.5 Å². The summed E-state index contributed by atoms with van der Waals surface area (Å²) in [7, 11) is 0. The Morgan fingerprint density at radius 1 is 1.20 bits per heavy atom. The number of urea groups is 1. The number of rotatable bonds is 6. The number of hydrogen-bond donors (Lipinski definition) is 3. The molecule has 1 atom stereocenters. The number of aliphatic hydroxyl groups excluding tert-OH is 1. The van der Waals surface area contributed by atoms with E-state index in [1.54, 1.807) is 24.5 Å². The molecule has 3 N–H and O–H groups in total. The van der Waals surface area contributed by atoms with Gasteiger partial charge in [-0.2, -0.15) is 0 Å². The highest BCUT2D eigenvalue weighted by atomic mass is 16.5. The van der Waals surface area contributed by atoms with E-state index in [9.17, 15) is 9.90 Å². The number of hydrogen-bond acceptors (Lipinski definition) is 5. The summed E-state index contributed by atoms with van der Waals surface area (Å²) in [6.07, 6.45) is 2.30. The standard InChI is InChI=1S/C18H24N4O3/c1-18(2,3)16-19-9-13(10-20-16)22-17(24)21-11-14(23)12-25-15-7-5-4-6-8-15/h4-10,14,23H,11-12H2,1-3H3,(H2,21,22,24). The second kappa shape index (κ2) is 8.43. The first-order valence-electron chi connectivity index (χ1n) is 8.08. The number of aliphatic hydroxyl groups is 1. The molecule has 7 nitrogen and oxygen atoms in total. The van der Waals surface area contributed by atoms with Crippen molar-refractivity contribution in [1.82, 2.24) is 15.3 Å². The van der Waals surface area contributed by atoms with E-state index in [-0.39, 0.29) is 18.6 Å². The molecule has 2 amide bonds. The number of amides is 2. The zero-order chi connectivity index (χ0) is 18.3. The maximum absolute atomic E-state index is 11.8. The van der Waals surface area contributed by atoms with Gasteiger partial charge in [-0.3, -0.25) is 0 Å². The van der Waals surface area contributed by atoms with Crippen molar-refractivity contribution in [1.29, 1.82) is 0 Å². The number of para-hydroxylation sites is 1. The Labute approximate surface area is 147 Å². The molecule has 25 heavy (non-hydrogen) atoms. The van der Waals surface area contributed by atoms with E-state index in [1.165, 1.54) is 0 Å². The largest absolute Gasteiger partial charge is 0.491 e. The van der Waals surface area contributed by atoms with Gasteiger partial charge in [-0.05, 0) is 12.1 Å². The maximum Gasteiger partial charge on any atom is 0.319 e. The van der Waals surface area contributed by atoms with Crippen molar-refractivity contribution in [2.24, 2.45) is 0 Å². The van der Waals surface area contributed by atoms with Crippen LogP contribution in [-0.4, -0.2) is 40.4 Å². The Bertz CT molecular complexity index is 669. The minimum Gasteiger partial charge on any atom is -0.491 e. The molecule has 1 aromatic heterocycles. The molecule has 0 radical (unpaired) electrons. The first-order chi connectivity index (χ1) is 11.8. The molecule has 0 bridgehead atoms. The minimum atomic E-state index is -0.814. The molecule has 1 aromatic carbocycles. The Kier molecular flexibility index (Phi) is 6.30. The van der Waals surface area contributed by atoms with Crippen LogP contribution in [0.5, 0.6) is 5.75 Å². The van der Waals surface area contributed by atoms with Crippen molar-refractivity contribution in [3.8, 4) is 5.75 Å². The lowest BCUT2D eigenvalue weighted by atomic mass is 9.96. The van der Waals surface area contributed by atoms with Gasteiger partial charge in [-0.15, -0.1) is 0 Å². The minimum absolute atomic E-state index is 0.0690. The smallest absolute Gasteiger partial charge is 0.319 e. The highest BCUT2D eigenvalue weighted by Gasteiger charge is 2.17. The molecule has 134 valence electrons. The van der Waals surface area contributed by atoms with Crippen LogP contribution in [0.3, 0.4) is 0 Å². The number of nitrogens with zero attached hydrogens (tertiary/aromatic N) is 2. The van der Waals surface area contributed by atoms with Crippen molar-refractivity contribution in [2.75, 3.05) is 18.5 Å². The van der Waals surface area contributed by atoms with Crippen molar-refractivity contribution in [3.63, 3.8) is 0 Å². The lowest BCUT2D eigenvalue weighted by Crippen LogP contribution is -2.37. The van der Waals surface area contributed by atoms with E-state index < -0.39 is 12.1 Å². The SMILES string of the molecule is CC(C)(C)c1ncc(NC(=O)NCC(O)COc2ccccc2)cn1. The zero-order valence-corrected chi connectivity index (χ0v) is 14.7. The summed E-state index contributed by atoms with van der Waals surface area (Å²) in [5.74, 6) is 1.37. The summed E-state index contributed by atoms with van der Waals surface area (Å²) in [6.45, 7) is 6.20. The van der Waals surface area contributed by atoms with E-state index in [0.29, 0.717) is 17.3 Å². The van der Waals surface area contributed by atoms with Gasteiger partial charge in [-0.1, -0.05) is 39.0 Å². The molecule has 2 aromatic rings. The van der Waals surface area contributed by atoms with Crippen LogP contribution < -0.4 is 15.4 Å². The van der Waals surface area contributed by atoms with Crippen LogP contribution in [0.25, 0.3) is 0 Å². The van der Waals surface area contributed by atoms with Gasteiger partial charge in [0.05, 0.1) is 18.1 Å². The molecular weight excluding hydrogens is 320 g/mol. The molecule has 1 heterocycles. The molecule has 2 rings (SSSR count). The van der Waals surface area contributed by atoms with Gasteiger partial charge in [0.15, 0.2) is 0 Å². The fourth-order valence-corrected chi connectivity index (χ4v) is 1.93. The lowest BCUT2D eigenvalue weighted by molar-refractivity contribution is 0.108. The zero-order valence-electron chi connectivity index (χ0n) is 14.7. The number of ether oxygens (including phenoxy) is 1. The summed E-state index contributed by atoms with van der Waals surface area (Å²) in [6, 6.07) is 8.74. The molecule has 0 aliphatic rings. The number of anilines is 1. The number of nitrogens with one attached hydrogen (secondary N) is 2. The van der Waals surface area contributed by atoms with Crippen molar-refractivity contribution >= 4 is 11.7 Å². The van der Waals surface area contributed by atoms with Crippen LogP contribution in [0.1, 0.15) is 26.6 Å². The van der Waals surface area contributed by atoms with Gasteiger partial charge in [0.2, 0.25) is 0 Å². The van der Waals surface area contributed by atoms with E-state index >= 15 is 0 Å². The third-order valence-corrected chi connectivity index (χ3v) is 3.26. The summed E-state index contributed by atoms with van der Waals surface area (Å²) >= 11 is 0. The third-order valence-electron chi connectivity index (χ3n) is 3.26. The predicted molar refractivity (Wildman–Crippen MR) is 95.7 cm³/mol. The second-order valence-electron chi connectivity index (χ2n) is 6.66. The number of aromatic nitrogens is 2. The molecule has 1 unspecified atom stereocenters. The maximum atomic E-state index is 11.8. The van der Waals surface area contributed by atoms with E-state index in [2.05, 4.69) is 20.6 Å². The second-order valence-corrected chi connectivity index (χ2v) is 6.66. The molecule has 0 aliphatic carbocycles. The van der Waals surface area contributed by atoms with Gasteiger partial charge >= 0.3 is 6.03 Å². The topological polar surface area (TPSA) is 96.4 Å². The van der Waals surface area contributed by atoms with Crippen LogP contribution in [-0.2, 0) is 5.41 Å². The molecule has 0 saturated heterocycles. The van der Waals surface area contributed by atoms with Crippen LogP contribution >= 0.6 is 0 Å². The summed E-state index contributed by atoms with van der Waals surface area (Å²) in [5.41, 5.74) is 0.337. The molecule has 0 aliphatic heterocycles. The van der Waals surface area contributed by atoms with Gasteiger partial charge in [0.1, 0.15) is 24.3 Å². The number of carbonyl (C=O) groups is 1. The molecular formula is C18H24N4O3. The highest BCUT2D eigenvalue weighted by Crippen LogP contribution is 2.18. The van der Waals surface area contributed by atoms with E-state index in [4.69, 9.17) is 4.74 Å². The van der Waals surface area contributed by atoms with Crippen molar-refractivity contribution < 1.29 is 14.6 Å². The Balaban J connectivity index is 1.73. The summed E-state index contributed by atoms with van der Waals surface area (Å²) in [4.78, 5) is 20.3. The average molecular weight is 344 g/mol. The van der Waals surface area contributed by atoms with Crippen molar-refractivity contribution in [2.45, 2.75) is 32.3 Å². The van der Waals surface area contributed by atoms with Crippen LogP contribution in [0.15, 0.2) is 42.7 Å². The van der Waals surface area contributed by atoms with Crippen molar-refractivity contribution in [3.05, 3.63) is 48.5 Å². The monoisotopic (exact) mass is 344 g/mol. The number of benzene rings is 1.